The third kappa shape index (κ3) is 4.16. The number of hydrogen-bond donors (Lipinski definition) is 0. The van der Waals surface area contributed by atoms with Crippen LogP contribution >= 0.6 is 0 Å². The molecule has 1 aromatic rings. The maximum Gasteiger partial charge on any atom is 0.272 e. The smallest absolute Gasteiger partial charge is 0.272 e. The van der Waals surface area contributed by atoms with E-state index < -0.39 is 0 Å². The molecular weight excluding hydrogens is 264 g/mol. The molecule has 0 atom stereocenters. The van der Waals surface area contributed by atoms with Crippen molar-refractivity contribution in [1.29, 1.82) is 0 Å². The van der Waals surface area contributed by atoms with Crippen molar-refractivity contribution in [3.63, 3.8) is 0 Å². The van der Waals surface area contributed by atoms with E-state index in [1.807, 2.05) is 7.05 Å². The quantitative estimate of drug-likeness (QED) is 0.836. The van der Waals surface area contributed by atoms with Crippen molar-refractivity contribution in [3.05, 3.63) is 18.0 Å². The lowest BCUT2D eigenvalue weighted by Gasteiger charge is -2.30. The highest BCUT2D eigenvalue weighted by atomic mass is 16.2. The molecule has 116 valence electrons. The van der Waals surface area contributed by atoms with E-state index in [1.54, 1.807) is 17.2 Å². The second kappa shape index (κ2) is 7.38. The van der Waals surface area contributed by atoms with E-state index in [0.717, 1.165) is 51.2 Å². The summed E-state index contributed by atoms with van der Waals surface area (Å²) in [6, 6.07) is 1.71. The normalized spacial score (nSPS) is 16.0. The average Bonchev–Trinajstić information content (AvgIpc) is 2.52. The molecule has 0 unspecified atom stereocenters. The molecule has 0 aliphatic carbocycles. The minimum absolute atomic E-state index is 0.0162. The molecule has 1 aromatic heterocycles. The molecule has 2 heterocycles. The molecule has 1 amide bonds. The van der Waals surface area contributed by atoms with Gasteiger partial charge in [-0.3, -0.25) is 4.79 Å². The zero-order valence-corrected chi connectivity index (χ0v) is 13.4. The number of aromatic nitrogens is 2. The van der Waals surface area contributed by atoms with E-state index in [1.165, 1.54) is 0 Å². The van der Waals surface area contributed by atoms with Gasteiger partial charge in [0.15, 0.2) is 0 Å². The number of piperidine rings is 1. The first-order valence-electron chi connectivity index (χ1n) is 7.95. The summed E-state index contributed by atoms with van der Waals surface area (Å²) < 4.78 is 0. The van der Waals surface area contributed by atoms with Gasteiger partial charge in [-0.15, -0.1) is 0 Å². The molecule has 5 heteroatoms. The molecule has 1 aliphatic rings. The van der Waals surface area contributed by atoms with Crippen LogP contribution in [0.15, 0.2) is 12.3 Å². The van der Waals surface area contributed by atoms with Gasteiger partial charge in [0, 0.05) is 32.9 Å². The van der Waals surface area contributed by atoms with Gasteiger partial charge in [-0.05, 0) is 31.2 Å². The SMILES string of the molecule is CCCCN(C)C(=O)c1ccnc(N2CCC(C)CC2)n1. The Morgan fingerprint density at radius 2 is 2.14 bits per heavy atom. The Hall–Kier alpha value is -1.65. The molecule has 0 N–H and O–H groups in total. The molecule has 0 bridgehead atoms. The van der Waals surface area contributed by atoms with Crippen LogP contribution in [-0.2, 0) is 0 Å². The Morgan fingerprint density at radius 3 is 2.81 bits per heavy atom. The lowest BCUT2D eigenvalue weighted by molar-refractivity contribution is 0.0787. The van der Waals surface area contributed by atoms with Crippen LogP contribution in [0.25, 0.3) is 0 Å². The molecule has 0 spiro atoms. The van der Waals surface area contributed by atoms with E-state index in [9.17, 15) is 4.79 Å². The third-order valence-corrected chi connectivity index (χ3v) is 4.12. The van der Waals surface area contributed by atoms with Crippen molar-refractivity contribution < 1.29 is 4.79 Å². The molecule has 21 heavy (non-hydrogen) atoms. The van der Waals surface area contributed by atoms with Gasteiger partial charge in [0.1, 0.15) is 5.69 Å². The van der Waals surface area contributed by atoms with Crippen molar-refractivity contribution in [2.45, 2.75) is 39.5 Å². The van der Waals surface area contributed by atoms with E-state index in [2.05, 4.69) is 28.7 Å². The summed E-state index contributed by atoms with van der Waals surface area (Å²) in [6.45, 7) is 7.13. The van der Waals surface area contributed by atoms with Crippen LogP contribution in [0.5, 0.6) is 0 Å². The number of anilines is 1. The number of hydrogen-bond acceptors (Lipinski definition) is 4. The van der Waals surface area contributed by atoms with Gasteiger partial charge in [-0.25, -0.2) is 9.97 Å². The summed E-state index contributed by atoms with van der Waals surface area (Å²) in [5.74, 6) is 1.44. The van der Waals surface area contributed by atoms with Gasteiger partial charge in [-0.2, -0.15) is 0 Å². The second-order valence-electron chi connectivity index (χ2n) is 5.99. The highest BCUT2D eigenvalue weighted by Crippen LogP contribution is 2.20. The largest absolute Gasteiger partial charge is 0.341 e. The van der Waals surface area contributed by atoms with Gasteiger partial charge in [0.05, 0.1) is 0 Å². The van der Waals surface area contributed by atoms with Crippen molar-refractivity contribution in [3.8, 4) is 0 Å². The minimum atomic E-state index is -0.0162. The molecule has 2 rings (SSSR count). The minimum Gasteiger partial charge on any atom is -0.341 e. The Bertz CT molecular complexity index is 469. The first-order valence-corrected chi connectivity index (χ1v) is 7.95. The topological polar surface area (TPSA) is 49.3 Å². The fourth-order valence-electron chi connectivity index (χ4n) is 2.52. The Labute approximate surface area is 127 Å². The summed E-state index contributed by atoms with van der Waals surface area (Å²) in [5.41, 5.74) is 0.497. The second-order valence-corrected chi connectivity index (χ2v) is 5.99. The summed E-state index contributed by atoms with van der Waals surface area (Å²) in [7, 11) is 1.84. The van der Waals surface area contributed by atoms with Gasteiger partial charge in [-0.1, -0.05) is 20.3 Å². The number of nitrogens with zero attached hydrogens (tertiary/aromatic N) is 4. The van der Waals surface area contributed by atoms with Gasteiger partial charge < -0.3 is 9.80 Å². The zero-order chi connectivity index (χ0) is 15.2. The van der Waals surface area contributed by atoms with Gasteiger partial charge in [0.25, 0.3) is 5.91 Å². The predicted molar refractivity (Wildman–Crippen MR) is 84.5 cm³/mol. The summed E-state index contributed by atoms with van der Waals surface area (Å²) >= 11 is 0. The number of amides is 1. The maximum absolute atomic E-state index is 12.4. The number of rotatable bonds is 5. The lowest BCUT2D eigenvalue weighted by atomic mass is 10.00. The lowest BCUT2D eigenvalue weighted by Crippen LogP contribution is -2.35. The zero-order valence-electron chi connectivity index (χ0n) is 13.4. The molecule has 1 aliphatic heterocycles. The Balaban J connectivity index is 2.05. The third-order valence-electron chi connectivity index (χ3n) is 4.12. The van der Waals surface area contributed by atoms with Crippen molar-refractivity contribution >= 4 is 11.9 Å². The molecule has 1 fully saturated rings. The van der Waals surface area contributed by atoms with Gasteiger partial charge >= 0.3 is 0 Å². The van der Waals surface area contributed by atoms with E-state index >= 15 is 0 Å². The summed E-state index contributed by atoms with van der Waals surface area (Å²) in [4.78, 5) is 25.1. The summed E-state index contributed by atoms with van der Waals surface area (Å²) in [6.07, 6.45) is 6.12. The van der Waals surface area contributed by atoms with Crippen molar-refractivity contribution in [2.75, 3.05) is 31.6 Å². The van der Waals surface area contributed by atoms with Crippen LogP contribution in [0.1, 0.15) is 50.0 Å². The molecule has 5 nitrogen and oxygen atoms in total. The molecule has 0 aromatic carbocycles. The molecular formula is C16H26N4O. The fraction of sp³-hybridized carbons (Fsp3) is 0.688. The highest BCUT2D eigenvalue weighted by Gasteiger charge is 2.20. The van der Waals surface area contributed by atoms with Crippen LogP contribution in [0, 0.1) is 5.92 Å². The van der Waals surface area contributed by atoms with Crippen LogP contribution in [0.3, 0.4) is 0 Å². The molecule has 0 radical (unpaired) electrons. The monoisotopic (exact) mass is 290 g/mol. The number of carbonyl (C=O) groups is 1. The first-order chi connectivity index (χ1) is 10.1. The van der Waals surface area contributed by atoms with Gasteiger partial charge in [0.2, 0.25) is 5.95 Å². The van der Waals surface area contributed by atoms with Crippen LogP contribution in [-0.4, -0.2) is 47.5 Å². The predicted octanol–water partition coefficient (Wildman–Crippen LogP) is 2.59. The Kier molecular flexibility index (Phi) is 5.53. The first kappa shape index (κ1) is 15.7. The average molecular weight is 290 g/mol. The Morgan fingerprint density at radius 1 is 1.43 bits per heavy atom. The van der Waals surface area contributed by atoms with E-state index in [-0.39, 0.29) is 5.91 Å². The standard InChI is InChI=1S/C16H26N4O/c1-4-5-10-19(3)15(21)14-6-9-17-16(18-14)20-11-7-13(2)8-12-20/h6,9,13H,4-5,7-8,10-12H2,1-3H3. The van der Waals surface area contributed by atoms with Crippen molar-refractivity contribution in [1.82, 2.24) is 14.9 Å². The van der Waals surface area contributed by atoms with E-state index in [4.69, 9.17) is 0 Å². The molecule has 0 saturated carbocycles. The fourth-order valence-corrected chi connectivity index (χ4v) is 2.52. The highest BCUT2D eigenvalue weighted by molar-refractivity contribution is 5.92. The van der Waals surface area contributed by atoms with E-state index in [0.29, 0.717) is 11.6 Å². The molecule has 1 saturated heterocycles. The number of carbonyl (C=O) groups excluding carboxylic acids is 1. The van der Waals surface area contributed by atoms with Crippen LogP contribution in [0.4, 0.5) is 5.95 Å². The summed E-state index contributed by atoms with van der Waals surface area (Å²) in [5, 5.41) is 0. The maximum atomic E-state index is 12.4. The van der Waals surface area contributed by atoms with Crippen molar-refractivity contribution in [2.24, 2.45) is 5.92 Å². The van der Waals surface area contributed by atoms with Crippen LogP contribution in [0.2, 0.25) is 0 Å². The van der Waals surface area contributed by atoms with Crippen LogP contribution < -0.4 is 4.90 Å². The number of unbranched alkanes of at least 4 members (excludes halogenated alkanes) is 1.